The van der Waals surface area contributed by atoms with E-state index in [1.165, 1.54) is 5.56 Å². The van der Waals surface area contributed by atoms with Crippen molar-refractivity contribution in [1.29, 1.82) is 0 Å². The van der Waals surface area contributed by atoms with Gasteiger partial charge >= 0.3 is 0 Å². The third-order valence-electron chi connectivity index (χ3n) is 4.45. The molecule has 0 radical (unpaired) electrons. The summed E-state index contributed by atoms with van der Waals surface area (Å²) in [6, 6.07) is 9.14. The largest absolute Gasteiger partial charge is 0.355 e. The van der Waals surface area contributed by atoms with Crippen LogP contribution in [-0.4, -0.2) is 61.4 Å². The number of anilines is 1. The highest BCUT2D eigenvalue weighted by Crippen LogP contribution is 2.13. The zero-order valence-corrected chi connectivity index (χ0v) is 15.7. The van der Waals surface area contributed by atoms with Gasteiger partial charge in [0.05, 0.1) is 6.54 Å². The molecule has 0 saturated carbocycles. The van der Waals surface area contributed by atoms with Crippen molar-refractivity contribution in [2.75, 3.05) is 45.1 Å². The Morgan fingerprint density at radius 1 is 1.12 bits per heavy atom. The van der Waals surface area contributed by atoms with Crippen LogP contribution >= 0.6 is 11.3 Å². The number of hydrogen-bond acceptors (Lipinski definition) is 5. The molecule has 3 rings (SSSR count). The molecule has 1 aromatic carbocycles. The van der Waals surface area contributed by atoms with E-state index in [0.717, 1.165) is 32.7 Å². The predicted molar refractivity (Wildman–Crippen MR) is 104 cm³/mol. The summed E-state index contributed by atoms with van der Waals surface area (Å²) in [4.78, 5) is 28.6. The summed E-state index contributed by atoms with van der Waals surface area (Å²) in [6.45, 7) is 5.06. The van der Waals surface area contributed by atoms with Gasteiger partial charge in [0.2, 0.25) is 5.91 Å². The van der Waals surface area contributed by atoms with Gasteiger partial charge in [-0.25, -0.2) is 0 Å². The maximum Gasteiger partial charge on any atom is 0.251 e. The molecular formula is C19H24N4O2S. The minimum atomic E-state index is -0.164. The highest BCUT2D eigenvalue weighted by Gasteiger charge is 2.19. The Labute approximate surface area is 157 Å². The molecule has 0 aliphatic carbocycles. The molecule has 1 saturated heterocycles. The summed E-state index contributed by atoms with van der Waals surface area (Å²) in [5.74, 6) is -0.215. The van der Waals surface area contributed by atoms with Gasteiger partial charge in [0.1, 0.15) is 0 Å². The number of nitrogens with zero attached hydrogens (tertiary/aromatic N) is 2. The highest BCUT2D eigenvalue weighted by atomic mass is 32.1. The molecule has 7 heteroatoms. The fourth-order valence-corrected chi connectivity index (χ4v) is 3.69. The zero-order chi connectivity index (χ0) is 18.4. The monoisotopic (exact) mass is 372 g/mol. The van der Waals surface area contributed by atoms with Crippen LogP contribution in [0.2, 0.25) is 0 Å². The van der Waals surface area contributed by atoms with Gasteiger partial charge < -0.3 is 10.6 Å². The van der Waals surface area contributed by atoms with Gasteiger partial charge in [0.15, 0.2) is 0 Å². The first-order chi connectivity index (χ1) is 12.6. The first-order valence-electron chi connectivity index (χ1n) is 8.72. The number of rotatable bonds is 6. The third-order valence-corrected chi connectivity index (χ3v) is 5.19. The number of thiophene rings is 1. The van der Waals surface area contributed by atoms with E-state index in [1.54, 1.807) is 42.6 Å². The average Bonchev–Trinajstić information content (AvgIpc) is 3.16. The quantitative estimate of drug-likeness (QED) is 0.812. The van der Waals surface area contributed by atoms with E-state index >= 15 is 0 Å². The molecule has 2 N–H and O–H groups in total. The molecular weight excluding hydrogens is 348 g/mol. The Morgan fingerprint density at radius 2 is 1.88 bits per heavy atom. The van der Waals surface area contributed by atoms with Crippen molar-refractivity contribution >= 4 is 28.8 Å². The summed E-state index contributed by atoms with van der Waals surface area (Å²) in [5.41, 5.74) is 2.54. The molecule has 1 fully saturated rings. The molecule has 0 spiro atoms. The molecule has 26 heavy (non-hydrogen) atoms. The number of amides is 2. The van der Waals surface area contributed by atoms with Gasteiger partial charge in [0.25, 0.3) is 5.91 Å². The second-order valence-electron chi connectivity index (χ2n) is 6.39. The lowest BCUT2D eigenvalue weighted by Gasteiger charge is -2.34. The van der Waals surface area contributed by atoms with Crippen LogP contribution in [0.5, 0.6) is 0 Å². The van der Waals surface area contributed by atoms with Crippen LogP contribution in [0, 0.1) is 0 Å². The Kier molecular flexibility index (Phi) is 6.38. The first kappa shape index (κ1) is 18.6. The highest BCUT2D eigenvalue weighted by molar-refractivity contribution is 7.07. The van der Waals surface area contributed by atoms with Gasteiger partial charge in [0, 0.05) is 51.0 Å². The Hall–Kier alpha value is -2.22. The van der Waals surface area contributed by atoms with Crippen molar-refractivity contribution in [3.63, 3.8) is 0 Å². The Morgan fingerprint density at radius 3 is 2.58 bits per heavy atom. The second-order valence-corrected chi connectivity index (χ2v) is 7.17. The third kappa shape index (κ3) is 5.14. The number of nitrogens with one attached hydrogen (secondary N) is 2. The van der Waals surface area contributed by atoms with Crippen LogP contribution in [0.25, 0.3) is 0 Å². The summed E-state index contributed by atoms with van der Waals surface area (Å²) < 4.78 is 0. The molecule has 2 amide bonds. The molecule has 0 bridgehead atoms. The smallest absolute Gasteiger partial charge is 0.251 e. The van der Waals surface area contributed by atoms with Gasteiger partial charge in [-0.3, -0.25) is 19.4 Å². The van der Waals surface area contributed by atoms with Crippen LogP contribution < -0.4 is 10.6 Å². The molecule has 0 atom stereocenters. The van der Waals surface area contributed by atoms with Crippen LogP contribution in [0.4, 0.5) is 5.69 Å². The molecule has 1 aliphatic heterocycles. The fourth-order valence-electron chi connectivity index (χ4n) is 3.03. The standard InChI is InChI=1S/C19H24N4O2S/c1-20-19(25)16-3-2-4-17(11-16)21-18(24)13-23-8-6-22(7-9-23)12-15-5-10-26-14-15/h2-5,10-11,14H,6-9,12-13H2,1H3,(H,20,25)(H,21,24). The van der Waals surface area contributed by atoms with Crippen molar-refractivity contribution in [1.82, 2.24) is 15.1 Å². The molecule has 0 unspecified atom stereocenters. The van der Waals surface area contributed by atoms with Gasteiger partial charge in [-0.05, 0) is 40.6 Å². The van der Waals surface area contributed by atoms with Crippen molar-refractivity contribution < 1.29 is 9.59 Å². The molecule has 1 aliphatic rings. The van der Waals surface area contributed by atoms with Crippen molar-refractivity contribution in [3.05, 3.63) is 52.2 Å². The lowest BCUT2D eigenvalue weighted by molar-refractivity contribution is -0.117. The summed E-state index contributed by atoms with van der Waals surface area (Å²) in [5, 5.41) is 9.76. The van der Waals surface area contributed by atoms with Gasteiger partial charge in [-0.15, -0.1) is 0 Å². The second kappa shape index (κ2) is 8.93. The summed E-state index contributed by atoms with van der Waals surface area (Å²) in [7, 11) is 1.59. The average molecular weight is 372 g/mol. The minimum absolute atomic E-state index is 0.0506. The summed E-state index contributed by atoms with van der Waals surface area (Å²) in [6.07, 6.45) is 0. The number of piperazine rings is 1. The molecule has 138 valence electrons. The number of carbonyl (C=O) groups excluding carboxylic acids is 2. The van der Waals surface area contributed by atoms with Gasteiger partial charge in [-0.1, -0.05) is 6.07 Å². The van der Waals surface area contributed by atoms with E-state index in [1.807, 2.05) is 0 Å². The lowest BCUT2D eigenvalue weighted by atomic mass is 10.2. The zero-order valence-electron chi connectivity index (χ0n) is 14.9. The molecule has 6 nitrogen and oxygen atoms in total. The normalized spacial score (nSPS) is 15.6. The predicted octanol–water partition coefficient (Wildman–Crippen LogP) is 1.86. The van der Waals surface area contributed by atoms with Crippen LogP contribution in [0.15, 0.2) is 41.1 Å². The van der Waals surface area contributed by atoms with Crippen molar-refractivity contribution in [2.24, 2.45) is 0 Å². The summed E-state index contributed by atoms with van der Waals surface area (Å²) >= 11 is 1.73. The van der Waals surface area contributed by atoms with E-state index in [-0.39, 0.29) is 11.8 Å². The Bertz CT molecular complexity index is 740. The number of hydrogen-bond donors (Lipinski definition) is 2. The molecule has 1 aromatic heterocycles. The maximum atomic E-state index is 12.3. The fraction of sp³-hybridized carbons (Fsp3) is 0.368. The van der Waals surface area contributed by atoms with Crippen LogP contribution in [-0.2, 0) is 11.3 Å². The van der Waals surface area contributed by atoms with E-state index in [9.17, 15) is 9.59 Å². The first-order valence-corrected chi connectivity index (χ1v) is 9.66. The van der Waals surface area contributed by atoms with Crippen molar-refractivity contribution in [2.45, 2.75) is 6.54 Å². The van der Waals surface area contributed by atoms with Crippen LogP contribution in [0.3, 0.4) is 0 Å². The van der Waals surface area contributed by atoms with E-state index in [2.05, 4.69) is 37.3 Å². The van der Waals surface area contributed by atoms with Crippen molar-refractivity contribution in [3.8, 4) is 0 Å². The lowest BCUT2D eigenvalue weighted by Crippen LogP contribution is -2.48. The number of benzene rings is 1. The molecule has 2 aromatic rings. The number of carbonyl (C=O) groups is 2. The van der Waals surface area contributed by atoms with Crippen LogP contribution in [0.1, 0.15) is 15.9 Å². The maximum absolute atomic E-state index is 12.3. The van der Waals surface area contributed by atoms with E-state index < -0.39 is 0 Å². The minimum Gasteiger partial charge on any atom is -0.355 e. The van der Waals surface area contributed by atoms with E-state index in [0.29, 0.717) is 17.8 Å². The van der Waals surface area contributed by atoms with E-state index in [4.69, 9.17) is 0 Å². The SMILES string of the molecule is CNC(=O)c1cccc(NC(=O)CN2CCN(Cc3ccsc3)CC2)c1. The van der Waals surface area contributed by atoms with Gasteiger partial charge in [-0.2, -0.15) is 11.3 Å². The Balaban J connectivity index is 1.45. The molecule has 2 heterocycles. The topological polar surface area (TPSA) is 64.7 Å².